The predicted molar refractivity (Wildman–Crippen MR) is 75.9 cm³/mol. The molecule has 0 aliphatic carbocycles. The fourth-order valence-electron chi connectivity index (χ4n) is 2.09. The van der Waals surface area contributed by atoms with Crippen LogP contribution in [-0.2, 0) is 6.42 Å². The molecule has 0 atom stereocenters. The van der Waals surface area contributed by atoms with Crippen LogP contribution in [0.1, 0.15) is 29.4 Å². The van der Waals surface area contributed by atoms with E-state index in [1.165, 1.54) is 17.6 Å². The zero-order valence-corrected chi connectivity index (χ0v) is 11.9. The summed E-state index contributed by atoms with van der Waals surface area (Å²) in [5, 5.41) is 13.0. The molecule has 3 rings (SSSR count). The van der Waals surface area contributed by atoms with Gasteiger partial charge in [-0.3, -0.25) is 0 Å². The molecule has 0 spiro atoms. The Kier molecular flexibility index (Phi) is 3.38. The number of carboxylic acids is 1. The van der Waals surface area contributed by atoms with E-state index in [9.17, 15) is 9.18 Å². The van der Waals surface area contributed by atoms with Crippen molar-refractivity contribution in [3.63, 3.8) is 0 Å². The number of aromatic carboxylic acids is 1. The van der Waals surface area contributed by atoms with Crippen molar-refractivity contribution in [3.8, 4) is 10.7 Å². The molecule has 2 heterocycles. The van der Waals surface area contributed by atoms with Crippen molar-refractivity contribution >= 4 is 28.5 Å². The molecular weight excluding hydrogens is 295 g/mol. The first-order valence-electron chi connectivity index (χ1n) is 6.34. The van der Waals surface area contributed by atoms with Gasteiger partial charge in [-0.1, -0.05) is 17.8 Å². The molecule has 2 aromatic heterocycles. The Balaban J connectivity index is 2.13. The van der Waals surface area contributed by atoms with Crippen molar-refractivity contribution in [3.05, 3.63) is 29.2 Å². The third-order valence-electron chi connectivity index (χ3n) is 3.06. The average molecular weight is 306 g/mol. The number of nitrogens with one attached hydrogen (secondary N) is 1. The number of carboxylic acid groups (broad SMARTS) is 1. The summed E-state index contributed by atoms with van der Waals surface area (Å²) in [6.45, 7) is 2.04. The van der Waals surface area contributed by atoms with Gasteiger partial charge >= 0.3 is 5.97 Å². The smallest absolute Gasteiger partial charge is 0.338 e. The zero-order valence-electron chi connectivity index (χ0n) is 11.1. The lowest BCUT2D eigenvalue weighted by Gasteiger charge is -1.95. The van der Waals surface area contributed by atoms with Crippen LogP contribution in [-0.4, -0.2) is 30.6 Å². The Labute approximate surface area is 122 Å². The van der Waals surface area contributed by atoms with Gasteiger partial charge in [0.1, 0.15) is 10.7 Å². The van der Waals surface area contributed by atoms with E-state index in [0.29, 0.717) is 16.9 Å². The molecule has 108 valence electrons. The molecule has 8 heteroatoms. The summed E-state index contributed by atoms with van der Waals surface area (Å²) in [6, 6.07) is 2.37. The molecule has 3 aromatic rings. The maximum atomic E-state index is 13.7. The number of fused-ring (bicyclic) bond motifs is 1. The minimum absolute atomic E-state index is 0.392. The number of benzene rings is 1. The van der Waals surface area contributed by atoms with Gasteiger partial charge in [0.25, 0.3) is 0 Å². The second kappa shape index (κ2) is 5.21. The van der Waals surface area contributed by atoms with Crippen LogP contribution in [0.3, 0.4) is 0 Å². The highest BCUT2D eigenvalue weighted by Crippen LogP contribution is 2.27. The van der Waals surface area contributed by atoms with Gasteiger partial charge in [-0.25, -0.2) is 14.2 Å². The second-order valence-corrected chi connectivity index (χ2v) is 5.29. The number of hydrogen-bond acceptors (Lipinski definition) is 5. The van der Waals surface area contributed by atoms with Crippen molar-refractivity contribution in [2.24, 2.45) is 0 Å². The summed E-state index contributed by atoms with van der Waals surface area (Å²) in [4.78, 5) is 19.1. The first-order chi connectivity index (χ1) is 10.1. The predicted octanol–water partition coefficient (Wildman–Crippen LogP) is 2.87. The Bertz CT molecular complexity index is 827. The molecule has 21 heavy (non-hydrogen) atoms. The molecule has 0 fully saturated rings. The van der Waals surface area contributed by atoms with Crippen LogP contribution < -0.4 is 0 Å². The number of hydrogen-bond donors (Lipinski definition) is 2. The second-order valence-electron chi connectivity index (χ2n) is 4.54. The van der Waals surface area contributed by atoms with E-state index in [1.54, 1.807) is 0 Å². The molecule has 0 aliphatic heterocycles. The highest BCUT2D eigenvalue weighted by atomic mass is 32.1. The SMILES string of the molecule is CCCc1nnsc1-c1nc2cc(C(=O)O)c(F)cc2[nH]1. The van der Waals surface area contributed by atoms with E-state index in [1.807, 2.05) is 6.92 Å². The average Bonchev–Trinajstić information content (AvgIpc) is 3.03. The minimum atomic E-state index is -1.31. The molecule has 0 radical (unpaired) electrons. The maximum Gasteiger partial charge on any atom is 0.338 e. The molecule has 0 aliphatic rings. The summed E-state index contributed by atoms with van der Waals surface area (Å²) < 4.78 is 17.6. The van der Waals surface area contributed by atoms with Gasteiger partial charge < -0.3 is 10.1 Å². The van der Waals surface area contributed by atoms with Gasteiger partial charge in [0.15, 0.2) is 5.82 Å². The Hall–Kier alpha value is -2.35. The molecule has 0 saturated carbocycles. The van der Waals surface area contributed by atoms with Crippen molar-refractivity contribution in [2.75, 3.05) is 0 Å². The van der Waals surface area contributed by atoms with Crippen LogP contribution in [0.4, 0.5) is 4.39 Å². The van der Waals surface area contributed by atoms with Crippen LogP contribution in [0.5, 0.6) is 0 Å². The molecular formula is C13H11FN4O2S. The Morgan fingerprint density at radius 2 is 2.29 bits per heavy atom. The van der Waals surface area contributed by atoms with Gasteiger partial charge in [-0.15, -0.1) is 5.10 Å². The van der Waals surface area contributed by atoms with Gasteiger partial charge in [-0.05, 0) is 24.0 Å². The molecule has 2 N–H and O–H groups in total. The number of aromatic amines is 1. The van der Waals surface area contributed by atoms with Crippen LogP contribution in [0.2, 0.25) is 0 Å². The highest BCUT2D eigenvalue weighted by molar-refractivity contribution is 7.09. The van der Waals surface area contributed by atoms with Gasteiger partial charge in [0.05, 0.1) is 22.3 Å². The van der Waals surface area contributed by atoms with Crippen molar-refractivity contribution in [2.45, 2.75) is 19.8 Å². The number of rotatable bonds is 4. The summed E-state index contributed by atoms with van der Waals surface area (Å²) >= 11 is 1.21. The quantitative estimate of drug-likeness (QED) is 0.773. The summed E-state index contributed by atoms with van der Waals surface area (Å²) in [7, 11) is 0. The fourth-order valence-corrected chi connectivity index (χ4v) is 2.74. The number of nitrogens with zero attached hydrogens (tertiary/aromatic N) is 3. The number of halogens is 1. The zero-order chi connectivity index (χ0) is 15.0. The molecule has 0 bridgehead atoms. The van der Waals surface area contributed by atoms with Gasteiger partial charge in [0.2, 0.25) is 0 Å². The van der Waals surface area contributed by atoms with Gasteiger partial charge in [-0.2, -0.15) is 0 Å². The van der Waals surface area contributed by atoms with E-state index in [-0.39, 0.29) is 0 Å². The van der Waals surface area contributed by atoms with E-state index >= 15 is 0 Å². The summed E-state index contributed by atoms with van der Waals surface area (Å²) in [6.07, 6.45) is 1.70. The first-order valence-corrected chi connectivity index (χ1v) is 7.11. The molecule has 0 unspecified atom stereocenters. The largest absolute Gasteiger partial charge is 0.478 e. The van der Waals surface area contributed by atoms with Crippen molar-refractivity contribution < 1.29 is 14.3 Å². The number of H-pyrrole nitrogens is 1. The Morgan fingerprint density at radius 1 is 1.48 bits per heavy atom. The molecule has 1 aromatic carbocycles. The lowest BCUT2D eigenvalue weighted by atomic mass is 10.2. The maximum absolute atomic E-state index is 13.7. The fraction of sp³-hybridized carbons (Fsp3) is 0.231. The van der Waals surface area contributed by atoms with E-state index in [4.69, 9.17) is 5.11 Å². The van der Waals surface area contributed by atoms with Crippen molar-refractivity contribution in [1.82, 2.24) is 19.6 Å². The number of imidazole rings is 1. The van der Waals surface area contributed by atoms with E-state index in [0.717, 1.165) is 29.5 Å². The summed E-state index contributed by atoms with van der Waals surface area (Å²) in [5.41, 5.74) is 1.29. The summed E-state index contributed by atoms with van der Waals surface area (Å²) in [5.74, 6) is -1.57. The van der Waals surface area contributed by atoms with E-state index in [2.05, 4.69) is 19.6 Å². The number of carbonyl (C=O) groups is 1. The first kappa shape index (κ1) is 13.6. The number of aromatic nitrogens is 4. The standard InChI is InChI=1S/C13H11FN4O2S/c1-2-3-8-11(21-18-17-8)12-15-9-4-6(13(19)20)7(14)5-10(9)16-12/h4-5H,2-3H2,1H3,(H,15,16)(H,19,20). The van der Waals surface area contributed by atoms with Crippen LogP contribution in [0.25, 0.3) is 21.7 Å². The third-order valence-corrected chi connectivity index (χ3v) is 3.83. The van der Waals surface area contributed by atoms with Crippen molar-refractivity contribution in [1.29, 1.82) is 0 Å². The topological polar surface area (TPSA) is 91.8 Å². The molecule has 6 nitrogen and oxygen atoms in total. The van der Waals surface area contributed by atoms with Crippen LogP contribution in [0, 0.1) is 5.82 Å². The lowest BCUT2D eigenvalue weighted by molar-refractivity contribution is 0.0692. The minimum Gasteiger partial charge on any atom is -0.478 e. The highest BCUT2D eigenvalue weighted by Gasteiger charge is 2.17. The molecule has 0 saturated heterocycles. The van der Waals surface area contributed by atoms with Crippen LogP contribution in [0.15, 0.2) is 12.1 Å². The molecule has 0 amide bonds. The van der Waals surface area contributed by atoms with Crippen LogP contribution >= 0.6 is 11.5 Å². The number of aryl methyl sites for hydroxylation is 1. The van der Waals surface area contributed by atoms with Gasteiger partial charge in [0, 0.05) is 6.07 Å². The normalized spacial score (nSPS) is 11.1. The third kappa shape index (κ3) is 2.38. The van der Waals surface area contributed by atoms with E-state index < -0.39 is 17.3 Å². The lowest BCUT2D eigenvalue weighted by Crippen LogP contribution is -1.99. The monoisotopic (exact) mass is 306 g/mol. The Morgan fingerprint density at radius 3 is 3.00 bits per heavy atom.